The fraction of sp³-hybridized carbons (Fsp3) is 0.714. The zero-order chi connectivity index (χ0) is 20.0. The van der Waals surface area contributed by atoms with Gasteiger partial charge in [0.1, 0.15) is 6.04 Å². The van der Waals surface area contributed by atoms with Crippen LogP contribution >= 0.6 is 0 Å². The Morgan fingerprint density at radius 1 is 1.17 bits per heavy atom. The Kier molecular flexibility index (Phi) is 4.59. The Balaban J connectivity index is 1.26. The van der Waals surface area contributed by atoms with E-state index in [0.29, 0.717) is 36.6 Å². The molecule has 1 aromatic rings. The van der Waals surface area contributed by atoms with E-state index in [0.717, 1.165) is 25.7 Å². The molecule has 2 heterocycles. The van der Waals surface area contributed by atoms with Crippen molar-refractivity contribution in [2.45, 2.75) is 57.4 Å². The van der Waals surface area contributed by atoms with E-state index in [1.54, 1.807) is 12.3 Å². The van der Waals surface area contributed by atoms with Crippen LogP contribution in [0.4, 0.5) is 5.95 Å². The van der Waals surface area contributed by atoms with E-state index < -0.39 is 6.04 Å². The molecule has 4 bridgehead atoms. The average molecular weight is 399 g/mol. The van der Waals surface area contributed by atoms with Gasteiger partial charge in [-0.05, 0) is 69.1 Å². The predicted octanol–water partition coefficient (Wildman–Crippen LogP) is 2.14. The largest absolute Gasteiger partial charge is 0.481 e. The van der Waals surface area contributed by atoms with Crippen molar-refractivity contribution in [1.29, 1.82) is 0 Å². The van der Waals surface area contributed by atoms with Crippen molar-refractivity contribution >= 4 is 17.8 Å². The van der Waals surface area contributed by atoms with E-state index in [1.165, 1.54) is 26.4 Å². The quantitative estimate of drug-likeness (QED) is 0.737. The van der Waals surface area contributed by atoms with Gasteiger partial charge in [-0.2, -0.15) is 4.98 Å². The summed E-state index contributed by atoms with van der Waals surface area (Å²) in [6, 6.07) is 1.21. The van der Waals surface area contributed by atoms with Crippen molar-refractivity contribution in [3.63, 3.8) is 0 Å². The highest BCUT2D eigenvalue weighted by Gasteiger charge is 2.56. The smallest absolute Gasteiger partial charge is 0.261 e. The Morgan fingerprint density at radius 3 is 2.52 bits per heavy atom. The van der Waals surface area contributed by atoms with Gasteiger partial charge in [-0.15, -0.1) is 0 Å². The minimum absolute atomic E-state index is 0.202. The van der Waals surface area contributed by atoms with Crippen molar-refractivity contribution < 1.29 is 14.3 Å². The first-order valence-corrected chi connectivity index (χ1v) is 10.8. The minimum Gasteiger partial charge on any atom is -0.481 e. The number of hydrogen-bond donors (Lipinski definition) is 2. The van der Waals surface area contributed by atoms with Crippen LogP contribution in [0.1, 0.15) is 51.4 Å². The second-order valence-corrected chi connectivity index (χ2v) is 9.39. The third-order valence-corrected chi connectivity index (χ3v) is 7.44. The summed E-state index contributed by atoms with van der Waals surface area (Å²) in [5, 5.41) is 0. The zero-order valence-corrected chi connectivity index (χ0v) is 16.9. The Bertz CT molecular complexity index is 778. The van der Waals surface area contributed by atoms with E-state index in [2.05, 4.69) is 20.8 Å². The Morgan fingerprint density at radius 2 is 1.86 bits per heavy atom. The topological polar surface area (TPSA) is 96.5 Å². The second-order valence-electron chi connectivity index (χ2n) is 9.39. The summed E-state index contributed by atoms with van der Waals surface area (Å²) >= 11 is 0. The van der Waals surface area contributed by atoms with Crippen molar-refractivity contribution in [2.24, 2.45) is 23.2 Å². The van der Waals surface area contributed by atoms with Crippen LogP contribution in [0.3, 0.4) is 0 Å². The maximum atomic E-state index is 13.7. The first kappa shape index (κ1) is 18.6. The standard InChI is InChI=1S/C21H29N5O3/c1-29-17-4-5-22-20(23-17)25-24-18(27)16-3-2-6-26(16)19(28)21-10-13-7-14(11-21)9-15(8-13)12-21/h4-5,13-16H,2-3,6-12H2,1H3,(H,24,27)(H,22,23,25). The normalized spacial score (nSPS) is 34.9. The van der Waals surface area contributed by atoms with Crippen LogP contribution < -0.4 is 15.6 Å². The molecule has 29 heavy (non-hydrogen) atoms. The number of carbonyl (C=O) groups is 2. The molecule has 6 rings (SSSR count). The van der Waals surface area contributed by atoms with E-state index in [9.17, 15) is 9.59 Å². The number of likely N-dealkylation sites (tertiary alicyclic amines) is 1. The minimum atomic E-state index is -0.423. The van der Waals surface area contributed by atoms with Crippen LogP contribution in [0.5, 0.6) is 5.88 Å². The van der Waals surface area contributed by atoms with Crippen LogP contribution in [0.2, 0.25) is 0 Å². The molecule has 0 spiro atoms. The van der Waals surface area contributed by atoms with Crippen LogP contribution in [0.25, 0.3) is 0 Å². The first-order chi connectivity index (χ1) is 14.1. The van der Waals surface area contributed by atoms with Crippen molar-refractivity contribution in [3.8, 4) is 5.88 Å². The van der Waals surface area contributed by atoms with Gasteiger partial charge in [0, 0.05) is 18.8 Å². The number of rotatable bonds is 5. The number of hydrogen-bond acceptors (Lipinski definition) is 6. The molecule has 1 aromatic heterocycles. The van der Waals surface area contributed by atoms with Crippen LogP contribution in [0, 0.1) is 23.2 Å². The second kappa shape index (κ2) is 7.15. The highest BCUT2D eigenvalue weighted by molar-refractivity contribution is 5.91. The molecule has 1 aliphatic heterocycles. The summed E-state index contributed by atoms with van der Waals surface area (Å²) in [4.78, 5) is 36.6. The molecular weight excluding hydrogens is 370 g/mol. The molecule has 8 nitrogen and oxygen atoms in total. The van der Waals surface area contributed by atoms with Crippen molar-refractivity contribution in [2.75, 3.05) is 19.1 Å². The van der Waals surface area contributed by atoms with Crippen molar-refractivity contribution in [1.82, 2.24) is 20.3 Å². The molecule has 2 amide bonds. The van der Waals surface area contributed by atoms with Crippen LogP contribution in [-0.2, 0) is 9.59 Å². The van der Waals surface area contributed by atoms with Gasteiger partial charge in [-0.3, -0.25) is 20.4 Å². The molecule has 4 aliphatic carbocycles. The van der Waals surface area contributed by atoms with E-state index in [-0.39, 0.29) is 23.2 Å². The molecule has 1 atom stereocenters. The van der Waals surface area contributed by atoms with Gasteiger partial charge in [0.15, 0.2) is 0 Å². The van der Waals surface area contributed by atoms with Gasteiger partial charge in [-0.25, -0.2) is 4.98 Å². The lowest BCUT2D eigenvalue weighted by Crippen LogP contribution is -2.57. The molecule has 1 saturated heterocycles. The number of ether oxygens (including phenoxy) is 1. The summed E-state index contributed by atoms with van der Waals surface area (Å²) in [5.74, 6) is 2.84. The number of methoxy groups -OCH3 is 1. The van der Waals surface area contributed by atoms with Gasteiger partial charge in [-0.1, -0.05) is 0 Å². The SMILES string of the molecule is COc1ccnc(NNC(=O)C2CCCN2C(=O)C23CC4CC(CC(C4)C2)C3)n1. The fourth-order valence-corrected chi connectivity index (χ4v) is 6.68. The number of anilines is 1. The fourth-order valence-electron chi connectivity index (χ4n) is 6.68. The summed E-state index contributed by atoms with van der Waals surface area (Å²) in [7, 11) is 1.52. The molecule has 0 radical (unpaired) electrons. The first-order valence-electron chi connectivity index (χ1n) is 10.8. The number of carbonyl (C=O) groups excluding carboxylic acids is 2. The molecule has 156 valence electrons. The molecule has 1 unspecified atom stereocenters. The Hall–Kier alpha value is -2.38. The van der Waals surface area contributed by atoms with E-state index in [4.69, 9.17) is 4.74 Å². The summed E-state index contributed by atoms with van der Waals surface area (Å²) in [6.45, 7) is 0.675. The van der Waals surface area contributed by atoms with E-state index in [1.807, 2.05) is 4.90 Å². The zero-order valence-electron chi connectivity index (χ0n) is 16.9. The van der Waals surface area contributed by atoms with E-state index >= 15 is 0 Å². The summed E-state index contributed by atoms with van der Waals surface area (Å²) in [5.41, 5.74) is 5.23. The number of amides is 2. The maximum Gasteiger partial charge on any atom is 0.261 e. The number of nitrogens with one attached hydrogen (secondary N) is 2. The summed E-state index contributed by atoms with van der Waals surface area (Å²) < 4.78 is 5.07. The summed E-state index contributed by atoms with van der Waals surface area (Å²) in [6.07, 6.45) is 10.1. The van der Waals surface area contributed by atoms with Crippen LogP contribution in [-0.4, -0.2) is 46.4 Å². The Labute approximate surface area is 170 Å². The highest BCUT2D eigenvalue weighted by atomic mass is 16.5. The van der Waals surface area contributed by atoms with Gasteiger partial charge in [0.2, 0.25) is 17.7 Å². The number of hydrazine groups is 1. The average Bonchev–Trinajstić information content (AvgIpc) is 3.20. The molecule has 0 aromatic carbocycles. The molecule has 4 saturated carbocycles. The third kappa shape index (κ3) is 3.32. The molecule has 5 fully saturated rings. The van der Waals surface area contributed by atoms with Gasteiger partial charge in [0.05, 0.1) is 12.5 Å². The molecule has 2 N–H and O–H groups in total. The lowest BCUT2D eigenvalue weighted by atomic mass is 9.49. The van der Waals surface area contributed by atoms with Crippen LogP contribution in [0.15, 0.2) is 12.3 Å². The highest BCUT2D eigenvalue weighted by Crippen LogP contribution is 2.60. The van der Waals surface area contributed by atoms with Gasteiger partial charge in [0.25, 0.3) is 5.91 Å². The lowest BCUT2D eigenvalue weighted by molar-refractivity contribution is -0.160. The van der Waals surface area contributed by atoms with Crippen molar-refractivity contribution in [3.05, 3.63) is 12.3 Å². The monoisotopic (exact) mass is 399 g/mol. The maximum absolute atomic E-state index is 13.7. The van der Waals surface area contributed by atoms with Gasteiger partial charge < -0.3 is 9.64 Å². The number of nitrogens with zero attached hydrogens (tertiary/aromatic N) is 3. The molecule has 5 aliphatic rings. The predicted molar refractivity (Wildman–Crippen MR) is 106 cm³/mol. The third-order valence-electron chi connectivity index (χ3n) is 7.44. The molecule has 8 heteroatoms. The van der Waals surface area contributed by atoms with Gasteiger partial charge >= 0.3 is 0 Å². The number of aromatic nitrogens is 2. The molecular formula is C21H29N5O3. The lowest BCUT2D eigenvalue weighted by Gasteiger charge is -2.56.